The summed E-state index contributed by atoms with van der Waals surface area (Å²) < 4.78 is 5.42. The summed E-state index contributed by atoms with van der Waals surface area (Å²) in [5.74, 6) is -1.03. The Balaban J connectivity index is 2.30. The molecule has 0 fully saturated rings. The van der Waals surface area contributed by atoms with E-state index >= 15 is 0 Å². The molecule has 0 aliphatic carbocycles. The monoisotopic (exact) mass is 233 g/mol. The Hall–Kier alpha value is -2.30. The molecule has 5 heteroatoms. The molecule has 0 radical (unpaired) electrons. The third-order valence-corrected chi connectivity index (χ3v) is 2.33. The van der Waals surface area contributed by atoms with Crippen molar-refractivity contribution in [3.63, 3.8) is 0 Å². The number of fused-ring (bicyclic) bond motifs is 1. The minimum atomic E-state index is -1.08. The SMILES string of the molecule is O=C(O)CC1Oc2ccccc2/C=C\NC1=O. The third-order valence-electron chi connectivity index (χ3n) is 2.33. The molecule has 0 saturated heterocycles. The van der Waals surface area contributed by atoms with Crippen molar-refractivity contribution in [2.45, 2.75) is 12.5 Å². The van der Waals surface area contributed by atoms with Gasteiger partial charge in [-0.3, -0.25) is 9.59 Å². The molecule has 2 N–H and O–H groups in total. The van der Waals surface area contributed by atoms with Crippen molar-refractivity contribution in [3.8, 4) is 5.75 Å². The van der Waals surface area contributed by atoms with Crippen LogP contribution in [-0.2, 0) is 9.59 Å². The quantitative estimate of drug-likeness (QED) is 0.799. The van der Waals surface area contributed by atoms with Crippen molar-refractivity contribution in [2.24, 2.45) is 0 Å². The van der Waals surface area contributed by atoms with Crippen LogP contribution >= 0.6 is 0 Å². The van der Waals surface area contributed by atoms with E-state index in [1.165, 1.54) is 6.20 Å². The van der Waals surface area contributed by atoms with Gasteiger partial charge in [0.15, 0.2) is 6.10 Å². The Bertz CT molecular complexity index is 481. The first kappa shape index (κ1) is 11.2. The van der Waals surface area contributed by atoms with Crippen LogP contribution in [0, 0.1) is 0 Å². The lowest BCUT2D eigenvalue weighted by Gasteiger charge is -2.19. The second-order valence-corrected chi connectivity index (χ2v) is 3.58. The summed E-state index contributed by atoms with van der Waals surface area (Å²) in [6.45, 7) is 0. The number of amides is 1. The van der Waals surface area contributed by atoms with Crippen LogP contribution in [0.3, 0.4) is 0 Å². The second-order valence-electron chi connectivity index (χ2n) is 3.58. The number of para-hydroxylation sites is 1. The fourth-order valence-electron chi connectivity index (χ4n) is 1.53. The van der Waals surface area contributed by atoms with Gasteiger partial charge in [-0.1, -0.05) is 18.2 Å². The second kappa shape index (κ2) is 4.69. The number of carboxylic acids is 1. The van der Waals surface area contributed by atoms with Gasteiger partial charge < -0.3 is 15.2 Å². The fraction of sp³-hybridized carbons (Fsp3) is 0.167. The summed E-state index contributed by atoms with van der Waals surface area (Å²) in [5, 5.41) is 11.2. The van der Waals surface area contributed by atoms with Crippen LogP contribution in [0.25, 0.3) is 6.08 Å². The van der Waals surface area contributed by atoms with Gasteiger partial charge in [0.05, 0.1) is 6.42 Å². The number of carbonyl (C=O) groups excluding carboxylic acids is 1. The van der Waals surface area contributed by atoms with Crippen molar-refractivity contribution in [3.05, 3.63) is 36.0 Å². The van der Waals surface area contributed by atoms with E-state index in [1.54, 1.807) is 18.2 Å². The van der Waals surface area contributed by atoms with Gasteiger partial charge in [0.1, 0.15) is 5.75 Å². The first-order valence-electron chi connectivity index (χ1n) is 5.11. The van der Waals surface area contributed by atoms with E-state index in [9.17, 15) is 9.59 Å². The van der Waals surface area contributed by atoms with E-state index in [-0.39, 0.29) is 6.42 Å². The molecule has 1 amide bonds. The van der Waals surface area contributed by atoms with Gasteiger partial charge in [0.2, 0.25) is 0 Å². The number of nitrogens with one attached hydrogen (secondary N) is 1. The molecule has 0 spiro atoms. The van der Waals surface area contributed by atoms with Gasteiger partial charge in [-0.05, 0) is 12.1 Å². The largest absolute Gasteiger partial charge is 0.481 e. The van der Waals surface area contributed by atoms with E-state index in [0.717, 1.165) is 5.56 Å². The van der Waals surface area contributed by atoms with E-state index in [1.807, 2.05) is 12.1 Å². The van der Waals surface area contributed by atoms with Crippen LogP contribution in [0.1, 0.15) is 12.0 Å². The average Bonchev–Trinajstić information content (AvgIpc) is 2.27. The molecule has 88 valence electrons. The maximum Gasteiger partial charge on any atom is 0.307 e. The first-order chi connectivity index (χ1) is 8.16. The third kappa shape index (κ3) is 2.63. The van der Waals surface area contributed by atoms with E-state index in [0.29, 0.717) is 5.75 Å². The molecule has 1 aromatic carbocycles. The van der Waals surface area contributed by atoms with Crippen LogP contribution in [-0.4, -0.2) is 23.1 Å². The Morgan fingerprint density at radius 3 is 2.94 bits per heavy atom. The molecular weight excluding hydrogens is 222 g/mol. The summed E-state index contributed by atoms with van der Waals surface area (Å²) >= 11 is 0. The topological polar surface area (TPSA) is 75.6 Å². The molecule has 2 rings (SSSR count). The van der Waals surface area contributed by atoms with Gasteiger partial charge in [-0.2, -0.15) is 0 Å². The minimum Gasteiger partial charge on any atom is -0.481 e. The molecule has 1 aromatic rings. The highest BCUT2D eigenvalue weighted by molar-refractivity contribution is 5.87. The molecule has 0 aromatic heterocycles. The van der Waals surface area contributed by atoms with Gasteiger partial charge in [0.25, 0.3) is 5.91 Å². The number of rotatable bonds is 2. The number of hydrogen-bond donors (Lipinski definition) is 2. The molecular formula is C12H11NO4. The van der Waals surface area contributed by atoms with Gasteiger partial charge in [-0.25, -0.2) is 0 Å². The zero-order chi connectivity index (χ0) is 12.3. The van der Waals surface area contributed by atoms with Crippen LogP contribution in [0.15, 0.2) is 30.5 Å². The predicted octanol–water partition coefficient (Wildman–Crippen LogP) is 1.01. The molecule has 17 heavy (non-hydrogen) atoms. The summed E-state index contributed by atoms with van der Waals surface area (Å²) in [6.07, 6.45) is 1.80. The van der Waals surface area contributed by atoms with E-state index < -0.39 is 18.0 Å². The van der Waals surface area contributed by atoms with Crippen molar-refractivity contribution in [1.82, 2.24) is 5.32 Å². The van der Waals surface area contributed by atoms with Crippen molar-refractivity contribution in [2.75, 3.05) is 0 Å². The highest BCUT2D eigenvalue weighted by Gasteiger charge is 2.24. The number of carbonyl (C=O) groups is 2. The zero-order valence-electron chi connectivity index (χ0n) is 8.92. The van der Waals surface area contributed by atoms with Gasteiger partial charge in [0, 0.05) is 11.8 Å². The predicted molar refractivity (Wildman–Crippen MR) is 60.3 cm³/mol. The smallest absolute Gasteiger partial charge is 0.307 e. The molecule has 1 heterocycles. The van der Waals surface area contributed by atoms with E-state index in [4.69, 9.17) is 9.84 Å². The molecule has 1 aliphatic heterocycles. The Kier molecular flexibility index (Phi) is 3.09. The Morgan fingerprint density at radius 1 is 1.41 bits per heavy atom. The van der Waals surface area contributed by atoms with Crippen LogP contribution < -0.4 is 10.1 Å². The average molecular weight is 233 g/mol. The standard InChI is InChI=1S/C12H11NO4/c14-11(15)7-10-12(16)13-6-5-8-3-1-2-4-9(8)17-10/h1-6,10H,7H2,(H,13,16)(H,14,15)/b6-5-. The number of hydrogen-bond acceptors (Lipinski definition) is 3. The zero-order valence-corrected chi connectivity index (χ0v) is 8.92. The first-order valence-corrected chi connectivity index (χ1v) is 5.11. The van der Waals surface area contributed by atoms with Crippen LogP contribution in [0.2, 0.25) is 0 Å². The summed E-state index contributed by atoms with van der Waals surface area (Å²) in [7, 11) is 0. The van der Waals surface area contributed by atoms with Crippen molar-refractivity contribution >= 4 is 18.0 Å². The lowest BCUT2D eigenvalue weighted by Crippen LogP contribution is -2.38. The maximum atomic E-state index is 11.6. The fourth-order valence-corrected chi connectivity index (χ4v) is 1.53. The molecule has 0 saturated carbocycles. The van der Waals surface area contributed by atoms with Crippen molar-refractivity contribution < 1.29 is 19.4 Å². The normalized spacial score (nSPS) is 20.2. The maximum absolute atomic E-state index is 11.6. The van der Waals surface area contributed by atoms with Gasteiger partial charge in [-0.15, -0.1) is 0 Å². The summed E-state index contributed by atoms with van der Waals surface area (Å²) in [4.78, 5) is 22.2. The minimum absolute atomic E-state index is 0.367. The van der Waals surface area contributed by atoms with E-state index in [2.05, 4.69) is 5.32 Å². The number of benzene rings is 1. The molecule has 1 atom stereocenters. The summed E-state index contributed by atoms with van der Waals surface area (Å²) in [6, 6.07) is 7.13. The van der Waals surface area contributed by atoms with Gasteiger partial charge >= 0.3 is 5.97 Å². The highest BCUT2D eigenvalue weighted by atomic mass is 16.5. The number of ether oxygens (including phenoxy) is 1. The summed E-state index contributed by atoms with van der Waals surface area (Å²) in [5.41, 5.74) is 0.794. The number of aliphatic carboxylic acids is 1. The molecule has 5 nitrogen and oxygen atoms in total. The Labute approximate surface area is 97.7 Å². The Morgan fingerprint density at radius 2 is 2.18 bits per heavy atom. The van der Waals surface area contributed by atoms with Crippen LogP contribution in [0.4, 0.5) is 0 Å². The van der Waals surface area contributed by atoms with Crippen molar-refractivity contribution in [1.29, 1.82) is 0 Å². The highest BCUT2D eigenvalue weighted by Crippen LogP contribution is 2.22. The number of carboxylic acid groups (broad SMARTS) is 1. The lowest BCUT2D eigenvalue weighted by molar-refractivity contribution is -0.142. The molecule has 1 aliphatic rings. The van der Waals surface area contributed by atoms with Crippen LogP contribution in [0.5, 0.6) is 5.75 Å². The molecule has 1 unspecified atom stereocenters. The lowest BCUT2D eigenvalue weighted by atomic mass is 10.1. The molecule has 0 bridgehead atoms.